The van der Waals surface area contributed by atoms with Crippen molar-refractivity contribution in [2.24, 2.45) is 0 Å². The van der Waals surface area contributed by atoms with Crippen LogP contribution in [-0.2, 0) is 4.79 Å². The average Bonchev–Trinajstić information content (AvgIpc) is 3.31. The van der Waals surface area contributed by atoms with Gasteiger partial charge in [0, 0.05) is 18.5 Å². The van der Waals surface area contributed by atoms with Gasteiger partial charge in [0.1, 0.15) is 0 Å². The fourth-order valence-corrected chi connectivity index (χ4v) is 4.92. The van der Waals surface area contributed by atoms with Crippen LogP contribution in [0, 0.1) is 6.92 Å². The van der Waals surface area contributed by atoms with E-state index in [-0.39, 0.29) is 17.9 Å². The largest absolute Gasteiger partial charge is 0.465 e. The minimum Gasteiger partial charge on any atom is -0.465 e. The number of fused-ring (bicyclic) bond motifs is 1. The number of thiophene rings is 1. The summed E-state index contributed by atoms with van der Waals surface area (Å²) in [4.78, 5) is 42.3. The van der Waals surface area contributed by atoms with Crippen LogP contribution in [0.5, 0.6) is 0 Å². The van der Waals surface area contributed by atoms with Gasteiger partial charge in [-0.1, -0.05) is 18.7 Å². The van der Waals surface area contributed by atoms with Gasteiger partial charge in [0.25, 0.3) is 5.91 Å². The molecule has 3 N–H and O–H groups in total. The number of nitrogens with zero attached hydrogens (tertiary/aromatic N) is 3. The van der Waals surface area contributed by atoms with Gasteiger partial charge in [-0.2, -0.15) is 0 Å². The lowest BCUT2D eigenvalue weighted by Gasteiger charge is -2.25. The van der Waals surface area contributed by atoms with Gasteiger partial charge < -0.3 is 19.9 Å². The normalized spacial score (nSPS) is 16.3. The maximum absolute atomic E-state index is 13.0. The van der Waals surface area contributed by atoms with Crippen LogP contribution in [0.15, 0.2) is 42.3 Å². The van der Waals surface area contributed by atoms with Crippen molar-refractivity contribution in [1.82, 2.24) is 14.5 Å². The number of likely N-dealkylation sites (tertiary alicyclic amines) is 1. The number of carboxylic acid groups (broad SMARTS) is 1. The number of benzene rings is 1. The highest BCUT2D eigenvalue weighted by atomic mass is 32.1. The first-order valence-electron chi connectivity index (χ1n) is 10.7. The number of aryl methyl sites for hydroxylation is 1. The van der Waals surface area contributed by atoms with Crippen LogP contribution in [0.2, 0.25) is 0 Å². The van der Waals surface area contributed by atoms with Crippen LogP contribution >= 0.6 is 11.3 Å². The third kappa shape index (κ3) is 4.75. The van der Waals surface area contributed by atoms with Crippen LogP contribution in [0.4, 0.5) is 15.7 Å². The standard InChI is InChI=1S/C23H25N5O4S/c1-3-18(29)25-19-11-15(13-33-19)21(30)26-22-24-17-9-6-7-14(2)20(17)28(22)16-8-4-5-10-27(12-16)23(31)32/h3,6-7,9,11,13,16H,1,4-5,8,10,12H2,2H3,(H,25,29)(H,31,32)(H,24,26,30)/t16-/m1/s1. The first-order valence-corrected chi connectivity index (χ1v) is 11.5. The Labute approximate surface area is 194 Å². The number of nitrogens with one attached hydrogen (secondary N) is 2. The lowest BCUT2D eigenvalue weighted by Crippen LogP contribution is -2.34. The first kappa shape index (κ1) is 22.5. The van der Waals surface area contributed by atoms with E-state index >= 15 is 0 Å². The van der Waals surface area contributed by atoms with E-state index in [1.807, 2.05) is 29.7 Å². The highest BCUT2D eigenvalue weighted by molar-refractivity contribution is 7.14. The lowest BCUT2D eigenvalue weighted by atomic mass is 10.1. The van der Waals surface area contributed by atoms with E-state index in [9.17, 15) is 19.5 Å². The summed E-state index contributed by atoms with van der Waals surface area (Å²) in [6.07, 6.45) is 2.68. The molecule has 1 aromatic carbocycles. The molecule has 2 aromatic heterocycles. The summed E-state index contributed by atoms with van der Waals surface area (Å²) < 4.78 is 1.97. The Kier molecular flexibility index (Phi) is 6.45. The van der Waals surface area contributed by atoms with Crippen LogP contribution in [0.3, 0.4) is 0 Å². The molecule has 3 heterocycles. The minimum absolute atomic E-state index is 0.157. The molecule has 0 aliphatic carbocycles. The Balaban J connectivity index is 1.68. The Morgan fingerprint density at radius 1 is 1.27 bits per heavy atom. The molecule has 1 saturated heterocycles. The highest BCUT2D eigenvalue weighted by Crippen LogP contribution is 2.32. The Morgan fingerprint density at radius 2 is 2.09 bits per heavy atom. The van der Waals surface area contributed by atoms with Gasteiger partial charge in [0.05, 0.1) is 27.6 Å². The molecule has 172 valence electrons. The van der Waals surface area contributed by atoms with Gasteiger partial charge in [-0.05, 0) is 50.0 Å². The van der Waals surface area contributed by atoms with Gasteiger partial charge in [-0.15, -0.1) is 11.3 Å². The van der Waals surface area contributed by atoms with E-state index in [4.69, 9.17) is 0 Å². The summed E-state index contributed by atoms with van der Waals surface area (Å²) in [5, 5.41) is 17.3. The molecule has 33 heavy (non-hydrogen) atoms. The van der Waals surface area contributed by atoms with Crippen LogP contribution in [0.25, 0.3) is 11.0 Å². The summed E-state index contributed by atoms with van der Waals surface area (Å²) in [6.45, 7) is 6.22. The summed E-state index contributed by atoms with van der Waals surface area (Å²) in [5.41, 5.74) is 3.01. The van der Waals surface area contributed by atoms with E-state index in [2.05, 4.69) is 22.2 Å². The Hall–Kier alpha value is -3.66. The zero-order valence-electron chi connectivity index (χ0n) is 18.2. The summed E-state index contributed by atoms with van der Waals surface area (Å²) >= 11 is 1.24. The molecule has 4 rings (SSSR count). The smallest absolute Gasteiger partial charge is 0.407 e. The number of aromatic nitrogens is 2. The van der Waals surface area contributed by atoms with Crippen molar-refractivity contribution in [3.63, 3.8) is 0 Å². The van der Waals surface area contributed by atoms with E-state index in [1.54, 1.807) is 11.4 Å². The van der Waals surface area contributed by atoms with Crippen molar-refractivity contribution in [2.45, 2.75) is 32.2 Å². The third-order valence-corrected chi connectivity index (χ3v) is 6.56. The van der Waals surface area contributed by atoms with Crippen molar-refractivity contribution in [2.75, 3.05) is 23.7 Å². The van der Waals surface area contributed by atoms with E-state index in [1.165, 1.54) is 16.2 Å². The van der Waals surface area contributed by atoms with Crippen molar-refractivity contribution in [3.05, 3.63) is 53.4 Å². The molecule has 3 aromatic rings. The number of amides is 3. The number of anilines is 2. The number of para-hydroxylation sites is 1. The molecule has 0 unspecified atom stereocenters. The molecular formula is C23H25N5O4S. The van der Waals surface area contributed by atoms with Crippen LogP contribution < -0.4 is 10.6 Å². The van der Waals surface area contributed by atoms with Crippen molar-refractivity contribution < 1.29 is 19.5 Å². The minimum atomic E-state index is -0.944. The van der Waals surface area contributed by atoms with Gasteiger partial charge in [0.15, 0.2) is 0 Å². The Bertz CT molecular complexity index is 1230. The van der Waals surface area contributed by atoms with Gasteiger partial charge in [-0.3, -0.25) is 14.9 Å². The maximum Gasteiger partial charge on any atom is 0.407 e. The average molecular weight is 468 g/mol. The number of rotatable bonds is 5. The van der Waals surface area contributed by atoms with E-state index < -0.39 is 6.09 Å². The van der Waals surface area contributed by atoms with Crippen LogP contribution in [-0.4, -0.2) is 50.6 Å². The fourth-order valence-electron chi connectivity index (χ4n) is 4.14. The molecule has 0 radical (unpaired) electrons. The topological polar surface area (TPSA) is 117 Å². The third-order valence-electron chi connectivity index (χ3n) is 5.71. The van der Waals surface area contributed by atoms with E-state index in [0.717, 1.165) is 41.9 Å². The number of carbonyl (C=O) groups excluding carboxylic acids is 2. The number of hydrogen-bond donors (Lipinski definition) is 3. The molecule has 9 nitrogen and oxygen atoms in total. The predicted octanol–water partition coefficient (Wildman–Crippen LogP) is 4.49. The van der Waals surface area contributed by atoms with Gasteiger partial charge >= 0.3 is 6.09 Å². The van der Waals surface area contributed by atoms with Gasteiger partial charge in [0.2, 0.25) is 11.9 Å². The molecule has 1 fully saturated rings. The molecule has 10 heteroatoms. The first-order chi connectivity index (χ1) is 15.9. The molecular weight excluding hydrogens is 442 g/mol. The molecule has 0 bridgehead atoms. The quantitative estimate of drug-likeness (QED) is 0.478. The molecule has 1 aliphatic rings. The zero-order valence-corrected chi connectivity index (χ0v) is 19.0. The summed E-state index contributed by atoms with van der Waals surface area (Å²) in [7, 11) is 0. The summed E-state index contributed by atoms with van der Waals surface area (Å²) in [6, 6.07) is 7.20. The van der Waals surface area contributed by atoms with Crippen molar-refractivity contribution in [1.29, 1.82) is 0 Å². The summed E-state index contributed by atoms with van der Waals surface area (Å²) in [5.74, 6) is -0.329. The second-order valence-corrected chi connectivity index (χ2v) is 8.88. The number of carbonyl (C=O) groups is 3. The van der Waals surface area contributed by atoms with Crippen LogP contribution in [0.1, 0.15) is 41.2 Å². The van der Waals surface area contributed by atoms with Gasteiger partial charge in [-0.25, -0.2) is 9.78 Å². The second kappa shape index (κ2) is 9.45. The fraction of sp³-hybridized carbons (Fsp3) is 0.304. The molecule has 0 saturated carbocycles. The van der Waals surface area contributed by atoms with Crippen molar-refractivity contribution in [3.8, 4) is 0 Å². The second-order valence-electron chi connectivity index (χ2n) is 7.97. The molecule has 1 atom stereocenters. The molecule has 3 amide bonds. The molecule has 0 spiro atoms. The number of imidazole rings is 1. The number of hydrogen-bond acceptors (Lipinski definition) is 5. The predicted molar refractivity (Wildman–Crippen MR) is 128 cm³/mol. The molecule has 1 aliphatic heterocycles. The van der Waals surface area contributed by atoms with Crippen molar-refractivity contribution >= 4 is 51.2 Å². The monoisotopic (exact) mass is 467 g/mol. The van der Waals surface area contributed by atoms with E-state index in [0.29, 0.717) is 29.6 Å². The Morgan fingerprint density at radius 3 is 2.85 bits per heavy atom. The lowest BCUT2D eigenvalue weighted by molar-refractivity contribution is -0.111. The SMILES string of the molecule is C=CC(=O)Nc1cc(C(=O)Nc2nc3cccc(C)c3n2[C@@H]2CCCCN(C(=O)O)C2)cs1. The highest BCUT2D eigenvalue weighted by Gasteiger charge is 2.27. The zero-order chi connectivity index (χ0) is 23.5. The maximum atomic E-state index is 13.0.